The average molecular weight is 238 g/mol. The molecule has 1 amide bonds. The number of rotatable bonds is 2. The second kappa shape index (κ2) is 3.90. The lowest BCUT2D eigenvalue weighted by Gasteiger charge is -2.04. The third-order valence-electron chi connectivity index (χ3n) is 2.08. The molecule has 0 saturated heterocycles. The number of aromatic nitrogens is 4. The molecule has 0 atom stereocenters. The van der Waals surface area contributed by atoms with Gasteiger partial charge in [-0.15, -0.1) is 0 Å². The first-order chi connectivity index (χ1) is 7.59. The number of amides is 1. The van der Waals surface area contributed by atoms with Gasteiger partial charge in [-0.25, -0.2) is 14.6 Å². The lowest BCUT2D eigenvalue weighted by Crippen LogP contribution is -2.09. The van der Waals surface area contributed by atoms with E-state index in [-0.39, 0.29) is 0 Å². The van der Waals surface area contributed by atoms with Crippen molar-refractivity contribution in [2.24, 2.45) is 5.73 Å². The lowest BCUT2D eigenvalue weighted by atomic mass is 10.3. The van der Waals surface area contributed by atoms with Crippen LogP contribution in [0.25, 0.3) is 5.82 Å². The molecule has 2 rings (SSSR count). The van der Waals surface area contributed by atoms with E-state index in [1.54, 1.807) is 6.92 Å². The Morgan fingerprint density at radius 2 is 2.25 bits per heavy atom. The Morgan fingerprint density at radius 3 is 2.88 bits per heavy atom. The smallest absolute Gasteiger partial charge is 0.251 e. The van der Waals surface area contributed by atoms with Crippen LogP contribution >= 0.6 is 11.6 Å². The van der Waals surface area contributed by atoms with Crippen LogP contribution in [0.15, 0.2) is 18.7 Å². The zero-order chi connectivity index (χ0) is 11.7. The van der Waals surface area contributed by atoms with Crippen LogP contribution in [0.2, 0.25) is 5.15 Å². The number of halogens is 1. The molecule has 0 aliphatic rings. The first-order valence-corrected chi connectivity index (χ1v) is 4.79. The van der Waals surface area contributed by atoms with Gasteiger partial charge in [0.2, 0.25) is 0 Å². The fourth-order valence-corrected chi connectivity index (χ4v) is 1.35. The van der Waals surface area contributed by atoms with Crippen molar-refractivity contribution in [3.8, 4) is 5.82 Å². The number of hydrogen-bond acceptors (Lipinski definition) is 4. The van der Waals surface area contributed by atoms with E-state index in [1.807, 2.05) is 0 Å². The number of carbonyl (C=O) groups excluding carboxylic acids is 1. The van der Waals surface area contributed by atoms with Crippen LogP contribution in [-0.2, 0) is 0 Å². The largest absolute Gasteiger partial charge is 0.366 e. The van der Waals surface area contributed by atoms with E-state index in [0.29, 0.717) is 22.1 Å². The standard InChI is InChI=1S/C9H8ClN5O/c1-5-7(10)12-4-13-9(5)15-3-6(2-14-15)8(11)16/h2-4H,1H3,(H2,11,16). The molecule has 7 heteroatoms. The van der Waals surface area contributed by atoms with E-state index in [2.05, 4.69) is 15.1 Å². The van der Waals surface area contributed by atoms with Crippen molar-refractivity contribution in [2.75, 3.05) is 0 Å². The maximum Gasteiger partial charge on any atom is 0.251 e. The van der Waals surface area contributed by atoms with Gasteiger partial charge in [-0.3, -0.25) is 4.79 Å². The molecule has 2 aromatic heterocycles. The third kappa shape index (κ3) is 1.74. The SMILES string of the molecule is Cc1c(Cl)ncnc1-n1cc(C(N)=O)cn1. The van der Waals surface area contributed by atoms with Crippen molar-refractivity contribution < 1.29 is 4.79 Å². The molecule has 0 fully saturated rings. The predicted octanol–water partition coefficient (Wildman–Crippen LogP) is 0.723. The molecule has 0 spiro atoms. The molecule has 6 nitrogen and oxygen atoms in total. The zero-order valence-electron chi connectivity index (χ0n) is 8.38. The van der Waals surface area contributed by atoms with Gasteiger partial charge in [0.05, 0.1) is 11.8 Å². The molecule has 0 aliphatic carbocycles. The van der Waals surface area contributed by atoms with Crippen molar-refractivity contribution >= 4 is 17.5 Å². The fraction of sp³-hybridized carbons (Fsp3) is 0.111. The van der Waals surface area contributed by atoms with Gasteiger partial charge in [0.15, 0.2) is 5.82 Å². The van der Waals surface area contributed by atoms with Gasteiger partial charge >= 0.3 is 0 Å². The van der Waals surface area contributed by atoms with Gasteiger partial charge in [0.25, 0.3) is 5.91 Å². The summed E-state index contributed by atoms with van der Waals surface area (Å²) in [5.74, 6) is -0.0171. The van der Waals surface area contributed by atoms with Crippen LogP contribution in [0.5, 0.6) is 0 Å². The molecule has 16 heavy (non-hydrogen) atoms. The molecule has 0 bridgehead atoms. The molecule has 2 aromatic rings. The van der Waals surface area contributed by atoms with E-state index in [1.165, 1.54) is 23.4 Å². The van der Waals surface area contributed by atoms with E-state index in [0.717, 1.165) is 0 Å². The van der Waals surface area contributed by atoms with Crippen LogP contribution in [0.1, 0.15) is 15.9 Å². The Bertz CT molecular complexity index is 551. The maximum atomic E-state index is 10.9. The number of hydrogen-bond donors (Lipinski definition) is 1. The van der Waals surface area contributed by atoms with E-state index < -0.39 is 5.91 Å². The van der Waals surface area contributed by atoms with Crippen molar-refractivity contribution in [3.63, 3.8) is 0 Å². The number of primary amides is 1. The van der Waals surface area contributed by atoms with Gasteiger partial charge in [0, 0.05) is 11.8 Å². The summed E-state index contributed by atoms with van der Waals surface area (Å²) in [6.45, 7) is 1.77. The molecular formula is C9H8ClN5O. The lowest BCUT2D eigenvalue weighted by molar-refractivity contribution is 0.100. The van der Waals surface area contributed by atoms with Crippen LogP contribution in [0.3, 0.4) is 0 Å². The summed E-state index contributed by atoms with van der Waals surface area (Å²) in [6, 6.07) is 0. The van der Waals surface area contributed by atoms with Crippen LogP contribution in [-0.4, -0.2) is 25.7 Å². The molecule has 0 aliphatic heterocycles. The molecule has 0 aromatic carbocycles. The molecule has 2 N–H and O–H groups in total. The van der Waals surface area contributed by atoms with Crippen molar-refractivity contribution in [3.05, 3.63) is 35.0 Å². The highest BCUT2D eigenvalue weighted by molar-refractivity contribution is 6.30. The first kappa shape index (κ1) is 10.6. The third-order valence-corrected chi connectivity index (χ3v) is 2.46. The second-order valence-corrected chi connectivity index (χ2v) is 3.51. The van der Waals surface area contributed by atoms with Gasteiger partial charge in [-0.05, 0) is 6.92 Å². The normalized spacial score (nSPS) is 10.4. The predicted molar refractivity (Wildman–Crippen MR) is 57.4 cm³/mol. The van der Waals surface area contributed by atoms with Gasteiger partial charge in [0.1, 0.15) is 11.5 Å². The van der Waals surface area contributed by atoms with Crippen molar-refractivity contribution in [2.45, 2.75) is 6.92 Å². The Kier molecular flexibility index (Phi) is 2.57. The van der Waals surface area contributed by atoms with E-state index in [9.17, 15) is 4.79 Å². The Labute approximate surface area is 96.1 Å². The topological polar surface area (TPSA) is 86.7 Å². The molecular weight excluding hydrogens is 230 g/mol. The number of nitrogens with zero attached hydrogens (tertiary/aromatic N) is 4. The molecule has 0 saturated carbocycles. The monoisotopic (exact) mass is 237 g/mol. The van der Waals surface area contributed by atoms with Crippen LogP contribution < -0.4 is 5.73 Å². The highest BCUT2D eigenvalue weighted by atomic mass is 35.5. The molecule has 0 unspecified atom stereocenters. The first-order valence-electron chi connectivity index (χ1n) is 4.41. The number of nitrogens with two attached hydrogens (primary N) is 1. The Balaban J connectivity index is 2.50. The van der Waals surface area contributed by atoms with Crippen molar-refractivity contribution in [1.82, 2.24) is 19.7 Å². The summed E-state index contributed by atoms with van der Waals surface area (Å²) in [6.07, 6.45) is 4.20. The van der Waals surface area contributed by atoms with E-state index in [4.69, 9.17) is 17.3 Å². The molecule has 0 radical (unpaired) electrons. The van der Waals surface area contributed by atoms with Crippen molar-refractivity contribution in [1.29, 1.82) is 0 Å². The number of carbonyl (C=O) groups is 1. The Morgan fingerprint density at radius 1 is 1.50 bits per heavy atom. The van der Waals surface area contributed by atoms with E-state index >= 15 is 0 Å². The average Bonchev–Trinajstić information content (AvgIpc) is 2.71. The van der Waals surface area contributed by atoms with Gasteiger partial charge in [-0.2, -0.15) is 5.10 Å². The quantitative estimate of drug-likeness (QED) is 0.780. The summed E-state index contributed by atoms with van der Waals surface area (Å²) >= 11 is 5.85. The summed E-state index contributed by atoms with van der Waals surface area (Å²) < 4.78 is 1.43. The minimum Gasteiger partial charge on any atom is -0.366 e. The summed E-state index contributed by atoms with van der Waals surface area (Å²) in [7, 11) is 0. The Hall–Kier alpha value is -1.95. The summed E-state index contributed by atoms with van der Waals surface area (Å²) in [4.78, 5) is 18.8. The summed E-state index contributed by atoms with van der Waals surface area (Å²) in [5, 5.41) is 4.32. The zero-order valence-corrected chi connectivity index (χ0v) is 9.14. The molecule has 82 valence electrons. The van der Waals surface area contributed by atoms with Gasteiger partial charge in [-0.1, -0.05) is 11.6 Å². The van der Waals surface area contributed by atoms with Crippen LogP contribution in [0.4, 0.5) is 0 Å². The highest BCUT2D eigenvalue weighted by Gasteiger charge is 2.10. The second-order valence-electron chi connectivity index (χ2n) is 3.15. The maximum absolute atomic E-state index is 10.9. The summed E-state index contributed by atoms with van der Waals surface area (Å²) in [5.41, 5.74) is 6.12. The van der Waals surface area contributed by atoms with Gasteiger partial charge < -0.3 is 5.73 Å². The minimum absolute atomic E-state index is 0.314. The molecule has 2 heterocycles. The highest BCUT2D eigenvalue weighted by Crippen LogP contribution is 2.16. The van der Waals surface area contributed by atoms with Crippen LogP contribution in [0, 0.1) is 6.92 Å². The minimum atomic E-state index is -0.538. The fourth-order valence-electron chi connectivity index (χ4n) is 1.22.